The molecular formula is C35H37N5O7S. The first-order valence-electron chi connectivity index (χ1n) is 15.7. The van der Waals surface area contributed by atoms with Crippen LogP contribution in [0.1, 0.15) is 47.8 Å². The average Bonchev–Trinajstić information content (AvgIpc) is 3.44. The van der Waals surface area contributed by atoms with Crippen molar-refractivity contribution < 1.29 is 28.6 Å². The Morgan fingerprint density at radius 3 is 2.62 bits per heavy atom. The number of fused-ring (bicyclic) bond motifs is 5. The molecule has 0 saturated carbocycles. The van der Waals surface area contributed by atoms with E-state index in [1.165, 1.54) is 0 Å². The second kappa shape index (κ2) is 14.2. The zero-order valence-corrected chi connectivity index (χ0v) is 28.0. The molecule has 250 valence electrons. The molecule has 0 saturated heterocycles. The molecule has 0 aliphatic carbocycles. The van der Waals surface area contributed by atoms with Crippen molar-refractivity contribution in [1.82, 2.24) is 19.2 Å². The number of hydrogen-bond donors (Lipinski definition) is 2. The molecule has 4 aromatic rings. The number of aromatic nitrogens is 2. The zero-order valence-electron chi connectivity index (χ0n) is 27.2. The van der Waals surface area contributed by atoms with E-state index in [9.17, 15) is 19.2 Å². The number of carbonyl (C=O) groups is 3. The van der Waals surface area contributed by atoms with Gasteiger partial charge >= 0.3 is 12.1 Å². The fraction of sp³-hybridized carbons (Fsp3) is 0.343. The number of nitrogens with zero attached hydrogens (tertiary/aromatic N) is 3. The normalized spacial score (nSPS) is 14.8. The van der Waals surface area contributed by atoms with E-state index in [2.05, 4.69) is 41.1 Å². The van der Waals surface area contributed by atoms with Crippen LogP contribution < -0.4 is 16.2 Å². The molecule has 0 spiro atoms. The van der Waals surface area contributed by atoms with Crippen molar-refractivity contribution in [1.29, 1.82) is 0 Å². The molecule has 6 rings (SSSR count). The quantitative estimate of drug-likeness (QED) is 0.151. The Bertz CT molecular complexity index is 1940. The maximum atomic E-state index is 13.9. The summed E-state index contributed by atoms with van der Waals surface area (Å²) in [5, 5.41) is 6.56. The van der Waals surface area contributed by atoms with E-state index >= 15 is 0 Å². The topological polar surface area (TPSA) is 141 Å². The summed E-state index contributed by atoms with van der Waals surface area (Å²) in [4.78, 5) is 56.4. The van der Waals surface area contributed by atoms with E-state index in [1.807, 2.05) is 18.2 Å². The van der Waals surface area contributed by atoms with Gasteiger partial charge in [-0.25, -0.2) is 18.9 Å². The summed E-state index contributed by atoms with van der Waals surface area (Å²) in [6.07, 6.45) is 0.265. The van der Waals surface area contributed by atoms with Crippen LogP contribution in [0.5, 0.6) is 0 Å². The summed E-state index contributed by atoms with van der Waals surface area (Å²) in [6, 6.07) is 16.8. The van der Waals surface area contributed by atoms with Crippen LogP contribution in [0.25, 0.3) is 22.3 Å². The highest BCUT2D eigenvalue weighted by molar-refractivity contribution is 7.96. The Morgan fingerprint density at radius 1 is 1.12 bits per heavy atom. The molecule has 1 unspecified atom stereocenters. The summed E-state index contributed by atoms with van der Waals surface area (Å²) in [5.74, 6) is -0.978. The van der Waals surface area contributed by atoms with Gasteiger partial charge in [0, 0.05) is 34.8 Å². The number of hydrogen-bond acceptors (Lipinski definition) is 11. The Hall–Kier alpha value is -4.72. The van der Waals surface area contributed by atoms with Gasteiger partial charge in [-0.1, -0.05) is 42.3 Å². The molecule has 13 heteroatoms. The maximum absolute atomic E-state index is 13.9. The summed E-state index contributed by atoms with van der Waals surface area (Å²) in [5.41, 5.74) is 5.58. The number of amides is 1. The van der Waals surface area contributed by atoms with E-state index in [0.717, 1.165) is 35.0 Å². The maximum Gasteiger partial charge on any atom is 0.509 e. The molecular weight excluding hydrogens is 634 g/mol. The lowest BCUT2D eigenvalue weighted by Crippen LogP contribution is -2.34. The highest BCUT2D eigenvalue weighted by Crippen LogP contribution is 2.39. The molecule has 2 aromatic carbocycles. The Morgan fingerprint density at radius 2 is 1.90 bits per heavy atom. The zero-order chi connectivity index (χ0) is 33.9. The van der Waals surface area contributed by atoms with Crippen molar-refractivity contribution in [3.63, 3.8) is 0 Å². The molecule has 2 aromatic heterocycles. The average molecular weight is 672 g/mol. The molecule has 1 amide bonds. The van der Waals surface area contributed by atoms with Crippen LogP contribution in [0, 0.1) is 0 Å². The number of ether oxygens (including phenoxy) is 3. The van der Waals surface area contributed by atoms with Gasteiger partial charge in [0.2, 0.25) is 12.0 Å². The lowest BCUT2D eigenvalue weighted by atomic mass is 9.97. The van der Waals surface area contributed by atoms with E-state index < -0.39 is 18.2 Å². The largest absolute Gasteiger partial charge is 0.509 e. The van der Waals surface area contributed by atoms with Gasteiger partial charge in [0.1, 0.15) is 13.2 Å². The van der Waals surface area contributed by atoms with Gasteiger partial charge in [0.15, 0.2) is 0 Å². The minimum atomic E-state index is -1.48. The van der Waals surface area contributed by atoms with Crippen LogP contribution in [-0.4, -0.2) is 64.3 Å². The van der Waals surface area contributed by atoms with Gasteiger partial charge in [0.05, 0.1) is 35.6 Å². The van der Waals surface area contributed by atoms with Gasteiger partial charge < -0.3 is 29.4 Å². The van der Waals surface area contributed by atoms with Crippen molar-refractivity contribution in [3.8, 4) is 11.4 Å². The third-order valence-electron chi connectivity index (χ3n) is 8.50. The second-order valence-electron chi connectivity index (χ2n) is 11.9. The van der Waals surface area contributed by atoms with Crippen molar-refractivity contribution in [2.45, 2.75) is 52.2 Å². The minimum absolute atomic E-state index is 0.136. The third-order valence-corrected chi connectivity index (χ3v) is 9.57. The summed E-state index contributed by atoms with van der Waals surface area (Å²) in [7, 11) is 1.68. The predicted octanol–water partition coefficient (Wildman–Crippen LogP) is 4.57. The highest BCUT2D eigenvalue weighted by atomic mass is 32.2. The fourth-order valence-electron chi connectivity index (χ4n) is 6.15. The lowest BCUT2D eigenvalue weighted by molar-refractivity contribution is -0.159. The van der Waals surface area contributed by atoms with Gasteiger partial charge in [-0.05, 0) is 69.0 Å². The number of anilines is 1. The molecule has 48 heavy (non-hydrogen) atoms. The van der Waals surface area contributed by atoms with Crippen molar-refractivity contribution in [3.05, 3.63) is 92.8 Å². The highest BCUT2D eigenvalue weighted by Gasteiger charge is 2.38. The van der Waals surface area contributed by atoms with Crippen LogP contribution in [0.15, 0.2) is 59.4 Å². The SMILES string of the molecule is CNCC(=O)Nc1ccc(COC(=O)OC2C(=O)OCc3c2cc2n(c3=O)Cc3c-2nc2ccccc2c3CCN(SC)C(C)C)cc1. The number of pyridine rings is 2. The van der Waals surface area contributed by atoms with Crippen LogP contribution in [0.2, 0.25) is 0 Å². The van der Waals surface area contributed by atoms with Crippen LogP contribution in [-0.2, 0) is 50.0 Å². The van der Waals surface area contributed by atoms with Crippen LogP contribution >= 0.6 is 11.9 Å². The molecule has 0 bridgehead atoms. The van der Waals surface area contributed by atoms with Crippen molar-refractivity contribution in [2.75, 3.05) is 31.7 Å². The Balaban J connectivity index is 1.25. The number of para-hydroxylation sites is 1. The standard InChI is InChI=1S/C35H37N5O7S/c1-20(2)40(48-4)14-13-23-24-7-5-6-8-28(24)38-31-26(23)17-39-29(31)15-25-27(33(39)42)19-45-34(43)32(25)47-35(44)46-18-21-9-11-22(12-10-21)37-30(41)16-36-3/h5-12,15,20,32,36H,13-14,16-19H2,1-4H3,(H,37,41). The molecule has 0 radical (unpaired) electrons. The monoisotopic (exact) mass is 671 g/mol. The number of benzene rings is 2. The van der Waals surface area contributed by atoms with E-state index in [0.29, 0.717) is 35.2 Å². The van der Waals surface area contributed by atoms with E-state index in [1.54, 1.807) is 53.9 Å². The predicted molar refractivity (Wildman–Crippen MR) is 182 cm³/mol. The molecule has 1 atom stereocenters. The first-order valence-corrected chi connectivity index (χ1v) is 16.9. The number of carbonyl (C=O) groups excluding carboxylic acids is 3. The molecule has 4 heterocycles. The number of cyclic esters (lactones) is 1. The van der Waals surface area contributed by atoms with Crippen LogP contribution in [0.4, 0.5) is 10.5 Å². The third kappa shape index (κ3) is 6.66. The molecule has 2 aliphatic heterocycles. The van der Waals surface area contributed by atoms with Gasteiger partial charge in [0.25, 0.3) is 5.56 Å². The Kier molecular flexibility index (Phi) is 9.81. The fourth-order valence-corrected chi connectivity index (χ4v) is 6.84. The van der Waals surface area contributed by atoms with Crippen LogP contribution in [0.3, 0.4) is 0 Å². The molecule has 12 nitrogen and oxygen atoms in total. The number of nitrogens with one attached hydrogen (secondary N) is 2. The summed E-state index contributed by atoms with van der Waals surface area (Å²) >= 11 is 1.70. The second-order valence-corrected chi connectivity index (χ2v) is 12.7. The summed E-state index contributed by atoms with van der Waals surface area (Å²) < 4.78 is 20.1. The summed E-state index contributed by atoms with van der Waals surface area (Å²) in [6.45, 7) is 5.29. The lowest BCUT2D eigenvalue weighted by Gasteiger charge is -2.24. The van der Waals surface area contributed by atoms with Crippen molar-refractivity contribution in [2.24, 2.45) is 0 Å². The van der Waals surface area contributed by atoms with Gasteiger partial charge in [-0.15, -0.1) is 0 Å². The molecule has 2 aliphatic rings. The van der Waals surface area contributed by atoms with E-state index in [4.69, 9.17) is 19.2 Å². The van der Waals surface area contributed by atoms with Crippen molar-refractivity contribution >= 4 is 46.6 Å². The van der Waals surface area contributed by atoms with E-state index in [-0.39, 0.29) is 42.4 Å². The van der Waals surface area contributed by atoms with Gasteiger partial charge in [-0.3, -0.25) is 9.59 Å². The smallest absolute Gasteiger partial charge is 0.458 e. The number of rotatable bonds is 11. The first kappa shape index (κ1) is 33.2. The molecule has 0 fully saturated rings. The first-order chi connectivity index (χ1) is 23.2. The van der Waals surface area contributed by atoms with Gasteiger partial charge in [-0.2, -0.15) is 0 Å². The number of likely N-dealkylation sites (N-methyl/N-ethyl adjacent to an activating group) is 1. The minimum Gasteiger partial charge on any atom is -0.458 e. The Labute approximate surface area is 281 Å². The molecule has 2 N–H and O–H groups in total. The number of esters is 1.